The number of nitro groups is 1. The van der Waals surface area contributed by atoms with Gasteiger partial charge in [-0.15, -0.1) is 0 Å². The number of benzene rings is 1. The number of piperidine rings is 1. The van der Waals surface area contributed by atoms with Crippen LogP contribution in [0.1, 0.15) is 40.0 Å². The van der Waals surface area contributed by atoms with Crippen molar-refractivity contribution < 1.29 is 14.6 Å². The molecule has 2 rings (SSSR count). The van der Waals surface area contributed by atoms with Gasteiger partial charge < -0.3 is 15.5 Å². The molecule has 1 aromatic rings. The van der Waals surface area contributed by atoms with E-state index in [1.807, 2.05) is 0 Å². The van der Waals surface area contributed by atoms with Crippen LogP contribution in [-0.2, 0) is 4.84 Å². The molecule has 8 heteroatoms. The van der Waals surface area contributed by atoms with Crippen molar-refractivity contribution in [2.24, 2.45) is 0 Å². The van der Waals surface area contributed by atoms with Crippen molar-refractivity contribution in [3.8, 4) is 0 Å². The quantitative estimate of drug-likeness (QED) is 0.516. The van der Waals surface area contributed by atoms with Crippen molar-refractivity contribution in [1.82, 2.24) is 4.90 Å². The molecule has 8 nitrogen and oxygen atoms in total. The van der Waals surface area contributed by atoms with Gasteiger partial charge >= 0.3 is 6.09 Å². The number of hydroxylamine groups is 1. The molecule has 1 fully saturated rings. The number of carbonyl (C=O) groups is 1. The number of amides is 1. The molecule has 1 aliphatic rings. The summed E-state index contributed by atoms with van der Waals surface area (Å²) in [6.45, 7) is 6.65. The summed E-state index contributed by atoms with van der Waals surface area (Å²) >= 11 is 0. The van der Waals surface area contributed by atoms with Crippen molar-refractivity contribution in [2.45, 2.75) is 45.6 Å². The first-order valence-corrected chi connectivity index (χ1v) is 8.02. The lowest BCUT2D eigenvalue weighted by Crippen LogP contribution is -2.47. The molecule has 0 saturated carbocycles. The highest BCUT2D eigenvalue weighted by atomic mass is 16.7. The third-order valence-electron chi connectivity index (χ3n) is 3.84. The predicted molar refractivity (Wildman–Crippen MR) is 91.6 cm³/mol. The predicted octanol–water partition coefficient (Wildman–Crippen LogP) is 3.32. The lowest BCUT2D eigenvalue weighted by atomic mass is 10.1. The second kappa shape index (κ2) is 6.94. The molecular weight excluding hydrogens is 312 g/mol. The Morgan fingerprint density at radius 1 is 1.29 bits per heavy atom. The lowest BCUT2D eigenvalue weighted by Gasteiger charge is -2.37. The third-order valence-corrected chi connectivity index (χ3v) is 3.84. The molecule has 0 bridgehead atoms. The SMILES string of the molecule is CC(C)(C)N(OC(=O)N1CCCCC1)c1c(N)cccc1[N+](=O)[O-]. The average molecular weight is 336 g/mol. The summed E-state index contributed by atoms with van der Waals surface area (Å²) in [6.07, 6.45) is 2.43. The minimum absolute atomic E-state index is 0.0976. The first-order valence-electron chi connectivity index (χ1n) is 8.02. The molecule has 0 atom stereocenters. The molecule has 0 aliphatic carbocycles. The van der Waals surface area contributed by atoms with E-state index in [1.165, 1.54) is 17.2 Å². The Balaban J connectivity index is 2.37. The van der Waals surface area contributed by atoms with E-state index in [4.69, 9.17) is 10.6 Å². The van der Waals surface area contributed by atoms with E-state index in [0.29, 0.717) is 13.1 Å². The first-order chi connectivity index (χ1) is 11.2. The zero-order valence-electron chi connectivity index (χ0n) is 14.3. The van der Waals surface area contributed by atoms with E-state index in [1.54, 1.807) is 31.7 Å². The van der Waals surface area contributed by atoms with Crippen LogP contribution in [0.3, 0.4) is 0 Å². The van der Waals surface area contributed by atoms with E-state index in [9.17, 15) is 14.9 Å². The molecule has 0 aromatic heterocycles. The lowest BCUT2D eigenvalue weighted by molar-refractivity contribution is -0.384. The summed E-state index contributed by atoms with van der Waals surface area (Å²) < 4.78 is 0. The van der Waals surface area contributed by atoms with Gasteiger partial charge in [-0.2, -0.15) is 5.06 Å². The fourth-order valence-electron chi connectivity index (χ4n) is 2.65. The van der Waals surface area contributed by atoms with Gasteiger partial charge in [0.25, 0.3) is 5.69 Å². The highest BCUT2D eigenvalue weighted by Crippen LogP contribution is 2.38. The van der Waals surface area contributed by atoms with Gasteiger partial charge in [0.2, 0.25) is 0 Å². The number of nitrogens with two attached hydrogens (primary N) is 1. The monoisotopic (exact) mass is 336 g/mol. The van der Waals surface area contributed by atoms with Crippen LogP contribution in [0, 0.1) is 10.1 Å². The van der Waals surface area contributed by atoms with E-state index in [-0.39, 0.29) is 17.1 Å². The van der Waals surface area contributed by atoms with E-state index >= 15 is 0 Å². The Labute approximate surface area is 141 Å². The molecule has 0 radical (unpaired) electrons. The van der Waals surface area contributed by atoms with Crippen molar-refractivity contribution in [3.05, 3.63) is 28.3 Å². The van der Waals surface area contributed by atoms with Crippen LogP contribution in [0.4, 0.5) is 21.9 Å². The highest BCUT2D eigenvalue weighted by molar-refractivity contribution is 5.79. The van der Waals surface area contributed by atoms with Gasteiger partial charge in [-0.1, -0.05) is 6.07 Å². The number of rotatable bonds is 3. The molecule has 1 heterocycles. The molecule has 132 valence electrons. The molecule has 1 saturated heterocycles. The summed E-state index contributed by atoms with van der Waals surface area (Å²) in [6, 6.07) is 4.40. The fourth-order valence-corrected chi connectivity index (χ4v) is 2.65. The highest BCUT2D eigenvalue weighted by Gasteiger charge is 2.35. The Morgan fingerprint density at radius 2 is 1.92 bits per heavy atom. The van der Waals surface area contributed by atoms with E-state index < -0.39 is 16.6 Å². The minimum atomic E-state index is -0.703. The van der Waals surface area contributed by atoms with Crippen LogP contribution in [0.25, 0.3) is 0 Å². The maximum Gasteiger partial charge on any atom is 0.434 e. The number of nitrogen functional groups attached to an aromatic ring is 1. The van der Waals surface area contributed by atoms with Crippen LogP contribution in [-0.4, -0.2) is 34.5 Å². The second-order valence-corrected chi connectivity index (χ2v) is 6.84. The molecule has 0 spiro atoms. The number of nitrogens with zero attached hydrogens (tertiary/aromatic N) is 3. The molecule has 0 unspecified atom stereocenters. The van der Waals surface area contributed by atoms with Crippen molar-refractivity contribution in [2.75, 3.05) is 23.9 Å². The van der Waals surface area contributed by atoms with E-state index in [2.05, 4.69) is 0 Å². The number of likely N-dealkylation sites (tertiary alicyclic amines) is 1. The molecule has 1 aromatic carbocycles. The number of para-hydroxylation sites is 1. The maximum absolute atomic E-state index is 12.5. The zero-order chi connectivity index (χ0) is 17.9. The summed E-state index contributed by atoms with van der Waals surface area (Å²) in [5.41, 5.74) is 5.34. The van der Waals surface area contributed by atoms with Gasteiger partial charge in [-0.05, 0) is 46.1 Å². The fraction of sp³-hybridized carbons (Fsp3) is 0.562. The van der Waals surface area contributed by atoms with Gasteiger partial charge in [0.15, 0.2) is 5.69 Å². The number of hydrogen-bond donors (Lipinski definition) is 1. The first kappa shape index (κ1) is 17.8. The summed E-state index contributed by atoms with van der Waals surface area (Å²) in [4.78, 5) is 30.5. The number of carbonyl (C=O) groups excluding carboxylic acids is 1. The summed E-state index contributed by atoms with van der Waals surface area (Å²) in [5.74, 6) is 0. The molecule has 1 aliphatic heterocycles. The zero-order valence-corrected chi connectivity index (χ0v) is 14.3. The molecular formula is C16H24N4O4. The topological polar surface area (TPSA) is 102 Å². The smallest absolute Gasteiger partial charge is 0.397 e. The van der Waals surface area contributed by atoms with E-state index in [0.717, 1.165) is 19.3 Å². The van der Waals surface area contributed by atoms with Crippen molar-refractivity contribution in [1.29, 1.82) is 0 Å². The van der Waals surface area contributed by atoms with Crippen molar-refractivity contribution in [3.63, 3.8) is 0 Å². The Kier molecular flexibility index (Phi) is 5.16. The van der Waals surface area contributed by atoms with Crippen molar-refractivity contribution >= 4 is 23.2 Å². The largest absolute Gasteiger partial charge is 0.434 e. The number of nitro benzene ring substituents is 1. The Morgan fingerprint density at radius 3 is 2.46 bits per heavy atom. The van der Waals surface area contributed by atoms with Crippen LogP contribution >= 0.6 is 0 Å². The molecule has 2 N–H and O–H groups in total. The van der Waals surface area contributed by atoms with Crippen LogP contribution in [0.2, 0.25) is 0 Å². The van der Waals surface area contributed by atoms with Gasteiger partial charge in [-0.3, -0.25) is 10.1 Å². The molecule has 1 amide bonds. The van der Waals surface area contributed by atoms with Gasteiger partial charge in [0.1, 0.15) is 0 Å². The third kappa shape index (κ3) is 3.87. The normalized spacial score (nSPS) is 15.0. The standard InChI is InChI=1S/C16H24N4O4/c1-16(2,3)19(24-15(21)18-10-5-4-6-11-18)14-12(17)8-7-9-13(14)20(22)23/h7-9H,4-6,10-11,17H2,1-3H3. The summed E-state index contributed by atoms with van der Waals surface area (Å²) in [7, 11) is 0. The van der Waals surface area contributed by atoms with Crippen LogP contribution in [0.5, 0.6) is 0 Å². The van der Waals surface area contributed by atoms with Gasteiger partial charge in [0.05, 0.1) is 16.1 Å². The molecule has 24 heavy (non-hydrogen) atoms. The van der Waals surface area contributed by atoms with Crippen LogP contribution < -0.4 is 10.8 Å². The number of anilines is 2. The minimum Gasteiger partial charge on any atom is -0.397 e. The average Bonchev–Trinajstić information content (AvgIpc) is 2.52. The second-order valence-electron chi connectivity index (χ2n) is 6.84. The van der Waals surface area contributed by atoms with Gasteiger partial charge in [0, 0.05) is 19.2 Å². The van der Waals surface area contributed by atoms with Crippen LogP contribution in [0.15, 0.2) is 18.2 Å². The Bertz CT molecular complexity index is 621. The summed E-state index contributed by atoms with van der Waals surface area (Å²) in [5, 5.41) is 12.6. The maximum atomic E-state index is 12.5. The number of hydrogen-bond acceptors (Lipinski definition) is 6. The Hall–Kier alpha value is -2.51. The van der Waals surface area contributed by atoms with Gasteiger partial charge in [-0.25, -0.2) is 4.79 Å².